The van der Waals surface area contributed by atoms with Gasteiger partial charge in [0.1, 0.15) is 0 Å². The number of benzene rings is 2. The highest BCUT2D eigenvalue weighted by atomic mass is 32.1. The van der Waals surface area contributed by atoms with Gasteiger partial charge in [-0.2, -0.15) is 0 Å². The highest BCUT2D eigenvalue weighted by Crippen LogP contribution is 2.50. The molecule has 4 rings (SSSR count). The molecule has 0 fully saturated rings. The Labute approximate surface area is 139 Å². The third kappa shape index (κ3) is 2.30. The molecule has 23 heavy (non-hydrogen) atoms. The summed E-state index contributed by atoms with van der Waals surface area (Å²) >= 11 is 1.79. The lowest BCUT2D eigenvalue weighted by Crippen LogP contribution is -2.48. The number of nitrogens with one attached hydrogen (secondary N) is 1. The van der Waals surface area contributed by atoms with Crippen molar-refractivity contribution in [2.45, 2.75) is 19.0 Å². The molecular formula is C19H19NO2S. The molecule has 1 aliphatic carbocycles. The standard InChI is InChI=1S/C19H19NO2S/c1-19(10-21,11-22)20-9-13-8-16-14-6-2-4-12-5-3-7-15(17(12)14)18(16)23-13/h2-8,20-22H,9-11H2,1H3. The number of fused-ring (bicyclic) bond motifs is 3. The highest BCUT2D eigenvalue weighted by Gasteiger charge is 2.25. The van der Waals surface area contributed by atoms with Crippen molar-refractivity contribution < 1.29 is 10.2 Å². The van der Waals surface area contributed by atoms with E-state index in [4.69, 9.17) is 0 Å². The second-order valence-electron chi connectivity index (χ2n) is 6.40. The molecule has 0 aliphatic heterocycles. The lowest BCUT2D eigenvalue weighted by atomic mass is 10.0. The molecule has 0 unspecified atom stereocenters. The van der Waals surface area contributed by atoms with Gasteiger partial charge < -0.3 is 15.5 Å². The third-order valence-corrected chi connectivity index (χ3v) is 5.78. The van der Waals surface area contributed by atoms with Crippen molar-refractivity contribution >= 4 is 22.1 Å². The maximum absolute atomic E-state index is 9.39. The van der Waals surface area contributed by atoms with E-state index in [9.17, 15) is 10.2 Å². The van der Waals surface area contributed by atoms with E-state index < -0.39 is 5.54 Å². The topological polar surface area (TPSA) is 52.5 Å². The SMILES string of the molecule is CC(CO)(CO)NCc1cc2c(s1)-c1cccc3cccc-2c13. The maximum atomic E-state index is 9.39. The summed E-state index contributed by atoms with van der Waals surface area (Å²) in [5.74, 6) is 0. The Kier molecular flexibility index (Phi) is 3.50. The number of hydrogen-bond donors (Lipinski definition) is 3. The first-order valence-corrected chi connectivity index (χ1v) is 8.59. The van der Waals surface area contributed by atoms with Gasteiger partial charge >= 0.3 is 0 Å². The van der Waals surface area contributed by atoms with E-state index in [2.05, 4.69) is 47.8 Å². The predicted octanol–water partition coefficient (Wildman–Crippen LogP) is 3.38. The average molecular weight is 325 g/mol. The zero-order valence-electron chi connectivity index (χ0n) is 13.0. The summed E-state index contributed by atoms with van der Waals surface area (Å²) < 4.78 is 0. The van der Waals surface area contributed by atoms with E-state index in [1.54, 1.807) is 11.3 Å². The molecule has 0 radical (unpaired) electrons. The lowest BCUT2D eigenvalue weighted by molar-refractivity contribution is 0.103. The van der Waals surface area contributed by atoms with Crippen LogP contribution >= 0.6 is 11.3 Å². The van der Waals surface area contributed by atoms with Gasteiger partial charge in [-0.3, -0.25) is 0 Å². The number of rotatable bonds is 5. The molecule has 0 saturated carbocycles. The number of thiophene rings is 1. The average Bonchev–Trinajstić information content (AvgIpc) is 3.13. The van der Waals surface area contributed by atoms with E-state index in [0.29, 0.717) is 6.54 Å². The molecule has 1 heterocycles. The Morgan fingerprint density at radius 3 is 2.39 bits per heavy atom. The molecular weight excluding hydrogens is 306 g/mol. The highest BCUT2D eigenvalue weighted by molar-refractivity contribution is 7.16. The summed E-state index contributed by atoms with van der Waals surface area (Å²) in [7, 11) is 0. The summed E-state index contributed by atoms with van der Waals surface area (Å²) in [6.45, 7) is 2.30. The van der Waals surface area contributed by atoms with Gasteiger partial charge in [0, 0.05) is 27.4 Å². The van der Waals surface area contributed by atoms with Crippen molar-refractivity contribution in [1.29, 1.82) is 0 Å². The quantitative estimate of drug-likeness (QED) is 0.527. The van der Waals surface area contributed by atoms with Crippen LogP contribution in [0.1, 0.15) is 11.8 Å². The second kappa shape index (κ2) is 5.42. The summed E-state index contributed by atoms with van der Waals surface area (Å²) in [5, 5.41) is 24.7. The van der Waals surface area contributed by atoms with Crippen LogP contribution in [-0.2, 0) is 6.54 Å². The molecule has 1 aromatic heterocycles. The van der Waals surface area contributed by atoms with Gasteiger partial charge in [0.25, 0.3) is 0 Å². The summed E-state index contributed by atoms with van der Waals surface area (Å²) in [5.41, 5.74) is 3.28. The van der Waals surface area contributed by atoms with Crippen molar-refractivity contribution in [3.8, 4) is 21.6 Å². The van der Waals surface area contributed by atoms with E-state index in [1.807, 2.05) is 6.92 Å². The molecule has 3 nitrogen and oxygen atoms in total. The molecule has 0 amide bonds. The molecule has 0 atom stereocenters. The third-order valence-electron chi connectivity index (χ3n) is 4.61. The Balaban J connectivity index is 1.70. The van der Waals surface area contributed by atoms with Crippen LogP contribution < -0.4 is 5.32 Å². The molecule has 3 N–H and O–H groups in total. The van der Waals surface area contributed by atoms with Crippen LogP contribution in [0.5, 0.6) is 0 Å². The van der Waals surface area contributed by atoms with E-state index in [-0.39, 0.29) is 13.2 Å². The molecule has 0 bridgehead atoms. The van der Waals surface area contributed by atoms with Gasteiger partial charge in [0.2, 0.25) is 0 Å². The van der Waals surface area contributed by atoms with Crippen molar-refractivity contribution in [2.24, 2.45) is 0 Å². The number of hydrogen-bond acceptors (Lipinski definition) is 4. The lowest BCUT2D eigenvalue weighted by Gasteiger charge is -2.25. The van der Waals surface area contributed by atoms with Crippen molar-refractivity contribution in [3.63, 3.8) is 0 Å². The molecule has 4 heteroatoms. The molecule has 3 aromatic rings. The Morgan fingerprint density at radius 1 is 1.00 bits per heavy atom. The van der Waals surface area contributed by atoms with Crippen LogP contribution in [0.4, 0.5) is 0 Å². The first kappa shape index (κ1) is 14.8. The second-order valence-corrected chi connectivity index (χ2v) is 7.53. The first-order valence-electron chi connectivity index (χ1n) is 7.77. The fraction of sp³-hybridized carbons (Fsp3) is 0.263. The van der Waals surface area contributed by atoms with Gasteiger partial charge in [-0.15, -0.1) is 11.3 Å². The van der Waals surface area contributed by atoms with Crippen LogP contribution in [0.15, 0.2) is 42.5 Å². The smallest absolute Gasteiger partial charge is 0.0633 e. The monoisotopic (exact) mass is 325 g/mol. The summed E-state index contributed by atoms with van der Waals surface area (Å²) in [6.07, 6.45) is 0. The molecule has 0 spiro atoms. The van der Waals surface area contributed by atoms with Crippen LogP contribution in [0.25, 0.3) is 32.3 Å². The van der Waals surface area contributed by atoms with E-state index >= 15 is 0 Å². The Bertz CT molecular complexity index is 824. The fourth-order valence-electron chi connectivity index (χ4n) is 3.15. The Morgan fingerprint density at radius 2 is 1.70 bits per heavy atom. The van der Waals surface area contributed by atoms with Crippen LogP contribution in [0.2, 0.25) is 0 Å². The predicted molar refractivity (Wildman–Crippen MR) is 95.7 cm³/mol. The van der Waals surface area contributed by atoms with Crippen LogP contribution in [0.3, 0.4) is 0 Å². The van der Waals surface area contributed by atoms with Crippen LogP contribution in [-0.4, -0.2) is 29.0 Å². The van der Waals surface area contributed by atoms with Gasteiger partial charge in [0.15, 0.2) is 0 Å². The molecule has 1 aliphatic rings. The van der Waals surface area contributed by atoms with Gasteiger partial charge in [-0.25, -0.2) is 0 Å². The fourth-order valence-corrected chi connectivity index (χ4v) is 4.29. The number of aliphatic hydroxyl groups excluding tert-OH is 2. The van der Waals surface area contributed by atoms with Crippen molar-refractivity contribution in [2.75, 3.05) is 13.2 Å². The zero-order valence-corrected chi connectivity index (χ0v) is 13.8. The van der Waals surface area contributed by atoms with Gasteiger partial charge in [-0.1, -0.05) is 36.4 Å². The van der Waals surface area contributed by atoms with Gasteiger partial charge in [0.05, 0.1) is 18.8 Å². The molecule has 2 aromatic carbocycles. The first-order chi connectivity index (χ1) is 11.1. The van der Waals surface area contributed by atoms with Gasteiger partial charge in [-0.05, 0) is 29.3 Å². The minimum Gasteiger partial charge on any atom is -0.394 e. The van der Waals surface area contributed by atoms with E-state index in [0.717, 1.165) is 0 Å². The van der Waals surface area contributed by atoms with Crippen molar-refractivity contribution in [1.82, 2.24) is 5.32 Å². The summed E-state index contributed by atoms with van der Waals surface area (Å²) in [4.78, 5) is 2.54. The number of aliphatic hydroxyl groups is 2. The van der Waals surface area contributed by atoms with Crippen LogP contribution in [0, 0.1) is 0 Å². The summed E-state index contributed by atoms with van der Waals surface area (Å²) in [6, 6.07) is 15.2. The molecule has 0 saturated heterocycles. The minimum atomic E-state index is -0.646. The maximum Gasteiger partial charge on any atom is 0.0633 e. The largest absolute Gasteiger partial charge is 0.394 e. The van der Waals surface area contributed by atoms with Crippen molar-refractivity contribution in [3.05, 3.63) is 47.3 Å². The molecule has 118 valence electrons. The normalized spacial score (nSPS) is 12.8. The zero-order chi connectivity index (χ0) is 16.0. The Hall–Kier alpha value is -1.72. The van der Waals surface area contributed by atoms with E-state index in [1.165, 1.54) is 37.2 Å². The minimum absolute atomic E-state index is 0.0866.